The lowest BCUT2D eigenvalue weighted by atomic mass is 10.1. The van der Waals surface area contributed by atoms with Crippen LogP contribution < -0.4 is 10.0 Å². The Balaban J connectivity index is 2.31. The van der Waals surface area contributed by atoms with Crippen LogP contribution in [-0.2, 0) is 10.0 Å². The number of rotatable bonds is 7. The molecule has 0 bridgehead atoms. The van der Waals surface area contributed by atoms with Crippen molar-refractivity contribution in [3.63, 3.8) is 0 Å². The van der Waals surface area contributed by atoms with Crippen LogP contribution in [0.5, 0.6) is 0 Å². The van der Waals surface area contributed by atoms with Crippen molar-refractivity contribution in [2.75, 3.05) is 13.2 Å². The predicted molar refractivity (Wildman–Crippen MR) is 103 cm³/mol. The molecular formula is C18H21BrN2O4S. The van der Waals surface area contributed by atoms with E-state index in [0.717, 1.165) is 10.0 Å². The van der Waals surface area contributed by atoms with Crippen molar-refractivity contribution in [3.8, 4) is 0 Å². The average molecular weight is 441 g/mol. The maximum atomic E-state index is 12.7. The number of benzene rings is 2. The molecule has 0 heterocycles. The molecule has 0 radical (unpaired) electrons. The van der Waals surface area contributed by atoms with Crippen LogP contribution in [-0.4, -0.2) is 32.6 Å². The van der Waals surface area contributed by atoms with Gasteiger partial charge < -0.3 is 10.4 Å². The minimum absolute atomic E-state index is 0.0260. The molecule has 2 aromatic rings. The molecular weight excluding hydrogens is 420 g/mol. The fourth-order valence-corrected chi connectivity index (χ4v) is 3.96. The van der Waals surface area contributed by atoms with Gasteiger partial charge in [-0.05, 0) is 42.3 Å². The largest absolute Gasteiger partial charge is 0.394 e. The molecule has 0 aliphatic heterocycles. The standard InChI is InChI=1S/C18H21BrN2O4S/c1-3-20-26(24,25)15-8-7-12(2)16(10-15)18(23)21-17(11-22)13-5-4-6-14(19)9-13/h4-10,17,20,22H,3,11H2,1-2H3,(H,21,23). The van der Waals surface area contributed by atoms with Gasteiger partial charge in [-0.3, -0.25) is 4.79 Å². The van der Waals surface area contributed by atoms with E-state index in [1.54, 1.807) is 32.0 Å². The van der Waals surface area contributed by atoms with Gasteiger partial charge in [0.25, 0.3) is 5.91 Å². The highest BCUT2D eigenvalue weighted by Gasteiger charge is 2.20. The first kappa shape index (κ1) is 20.6. The second kappa shape index (κ2) is 8.77. The van der Waals surface area contributed by atoms with Gasteiger partial charge in [-0.25, -0.2) is 13.1 Å². The van der Waals surface area contributed by atoms with E-state index in [2.05, 4.69) is 26.0 Å². The Hall–Kier alpha value is -1.74. The molecule has 8 heteroatoms. The number of nitrogens with one attached hydrogen (secondary N) is 2. The summed E-state index contributed by atoms with van der Waals surface area (Å²) >= 11 is 3.36. The van der Waals surface area contributed by atoms with Gasteiger partial charge in [-0.1, -0.05) is 41.1 Å². The summed E-state index contributed by atoms with van der Waals surface area (Å²) in [6.45, 7) is 3.39. The van der Waals surface area contributed by atoms with Crippen LogP contribution in [0.2, 0.25) is 0 Å². The van der Waals surface area contributed by atoms with Crippen LogP contribution in [0.4, 0.5) is 0 Å². The van der Waals surface area contributed by atoms with Crippen molar-refractivity contribution >= 4 is 31.9 Å². The fraction of sp³-hybridized carbons (Fsp3) is 0.278. The molecule has 1 unspecified atom stereocenters. The number of aliphatic hydroxyl groups excluding tert-OH is 1. The summed E-state index contributed by atoms with van der Waals surface area (Å²) in [6.07, 6.45) is 0. The van der Waals surface area contributed by atoms with Gasteiger partial charge in [0.05, 0.1) is 17.5 Å². The molecule has 26 heavy (non-hydrogen) atoms. The van der Waals surface area contributed by atoms with Gasteiger partial charge in [-0.2, -0.15) is 0 Å². The molecule has 0 aliphatic carbocycles. The van der Waals surface area contributed by atoms with E-state index < -0.39 is 22.0 Å². The molecule has 0 aromatic heterocycles. The zero-order chi connectivity index (χ0) is 19.3. The summed E-state index contributed by atoms with van der Waals surface area (Å²) in [4.78, 5) is 12.7. The van der Waals surface area contributed by atoms with Crippen molar-refractivity contribution in [1.29, 1.82) is 0 Å². The van der Waals surface area contributed by atoms with Crippen LogP contribution >= 0.6 is 15.9 Å². The van der Waals surface area contributed by atoms with Gasteiger partial charge in [0.2, 0.25) is 10.0 Å². The van der Waals surface area contributed by atoms with Crippen molar-refractivity contribution < 1.29 is 18.3 Å². The number of halogens is 1. The first-order chi connectivity index (χ1) is 12.3. The third-order valence-corrected chi connectivity index (χ3v) is 5.87. The molecule has 2 rings (SSSR count). The topological polar surface area (TPSA) is 95.5 Å². The molecule has 3 N–H and O–H groups in total. The summed E-state index contributed by atoms with van der Waals surface area (Å²) in [7, 11) is -3.66. The normalized spacial score (nSPS) is 12.6. The summed E-state index contributed by atoms with van der Waals surface area (Å²) in [6, 6.07) is 11.0. The van der Waals surface area contributed by atoms with Gasteiger partial charge in [0.15, 0.2) is 0 Å². The average Bonchev–Trinajstić information content (AvgIpc) is 2.59. The Morgan fingerprint density at radius 3 is 2.58 bits per heavy atom. The minimum atomic E-state index is -3.66. The summed E-state index contributed by atoms with van der Waals surface area (Å²) in [5.41, 5.74) is 1.63. The maximum absolute atomic E-state index is 12.7. The second-order valence-corrected chi connectivity index (χ2v) is 8.42. The van der Waals surface area contributed by atoms with Crippen LogP contribution in [0.3, 0.4) is 0 Å². The maximum Gasteiger partial charge on any atom is 0.252 e. The van der Waals surface area contributed by atoms with Crippen LogP contribution in [0.1, 0.15) is 34.5 Å². The van der Waals surface area contributed by atoms with Gasteiger partial charge in [0.1, 0.15) is 0 Å². The first-order valence-corrected chi connectivity index (χ1v) is 10.3. The molecule has 2 aromatic carbocycles. The van der Waals surface area contributed by atoms with Gasteiger partial charge in [-0.15, -0.1) is 0 Å². The summed E-state index contributed by atoms with van der Waals surface area (Å²) < 4.78 is 27.6. The lowest BCUT2D eigenvalue weighted by molar-refractivity contribution is 0.0915. The van der Waals surface area contributed by atoms with Crippen molar-refractivity contribution in [2.24, 2.45) is 0 Å². The van der Waals surface area contributed by atoms with E-state index in [4.69, 9.17) is 0 Å². The SMILES string of the molecule is CCNS(=O)(=O)c1ccc(C)c(C(=O)NC(CO)c2cccc(Br)c2)c1. The Morgan fingerprint density at radius 2 is 1.96 bits per heavy atom. The van der Waals surface area contributed by atoms with Gasteiger partial charge in [0, 0.05) is 16.6 Å². The Bertz CT molecular complexity index is 900. The number of carbonyl (C=O) groups is 1. The van der Waals surface area contributed by atoms with E-state index in [0.29, 0.717) is 5.56 Å². The number of carbonyl (C=O) groups excluding carboxylic acids is 1. The van der Waals surface area contributed by atoms with Crippen molar-refractivity contribution in [1.82, 2.24) is 10.0 Å². The van der Waals surface area contributed by atoms with E-state index >= 15 is 0 Å². The monoisotopic (exact) mass is 440 g/mol. The number of amides is 1. The number of aryl methyl sites for hydroxylation is 1. The first-order valence-electron chi connectivity index (χ1n) is 8.06. The molecule has 0 spiro atoms. The van der Waals surface area contributed by atoms with E-state index in [1.807, 2.05) is 12.1 Å². The van der Waals surface area contributed by atoms with Crippen LogP contribution in [0.25, 0.3) is 0 Å². The lowest BCUT2D eigenvalue weighted by Crippen LogP contribution is -2.31. The van der Waals surface area contributed by atoms with Crippen molar-refractivity contribution in [2.45, 2.75) is 24.8 Å². The summed E-state index contributed by atoms with van der Waals surface area (Å²) in [5.74, 6) is -0.449. The number of hydrogen-bond acceptors (Lipinski definition) is 4. The highest BCUT2D eigenvalue weighted by atomic mass is 79.9. The zero-order valence-electron chi connectivity index (χ0n) is 14.5. The smallest absolute Gasteiger partial charge is 0.252 e. The fourth-order valence-electron chi connectivity index (χ4n) is 2.48. The van der Waals surface area contributed by atoms with Crippen molar-refractivity contribution in [3.05, 3.63) is 63.6 Å². The van der Waals surface area contributed by atoms with E-state index in [1.165, 1.54) is 12.1 Å². The lowest BCUT2D eigenvalue weighted by Gasteiger charge is -2.18. The molecule has 1 amide bonds. The zero-order valence-corrected chi connectivity index (χ0v) is 16.9. The van der Waals surface area contributed by atoms with E-state index in [9.17, 15) is 18.3 Å². The molecule has 0 fully saturated rings. The molecule has 0 saturated carbocycles. The highest BCUT2D eigenvalue weighted by molar-refractivity contribution is 9.10. The molecule has 1 atom stereocenters. The third kappa shape index (κ3) is 4.91. The number of aliphatic hydroxyl groups is 1. The van der Waals surface area contributed by atoms with Gasteiger partial charge >= 0.3 is 0 Å². The molecule has 6 nitrogen and oxygen atoms in total. The molecule has 0 aliphatic rings. The Labute approximate surface area is 161 Å². The van der Waals surface area contributed by atoms with E-state index in [-0.39, 0.29) is 23.6 Å². The van der Waals surface area contributed by atoms with Crippen LogP contribution in [0, 0.1) is 6.92 Å². The third-order valence-electron chi connectivity index (χ3n) is 3.84. The number of hydrogen-bond donors (Lipinski definition) is 3. The predicted octanol–water partition coefficient (Wildman–Crippen LogP) is 2.52. The quantitative estimate of drug-likeness (QED) is 0.616. The second-order valence-electron chi connectivity index (χ2n) is 5.74. The molecule has 140 valence electrons. The molecule has 0 saturated heterocycles. The Kier molecular flexibility index (Phi) is 6.94. The highest BCUT2D eigenvalue weighted by Crippen LogP contribution is 2.20. The van der Waals surface area contributed by atoms with Crippen LogP contribution in [0.15, 0.2) is 51.8 Å². The Morgan fingerprint density at radius 1 is 1.23 bits per heavy atom. The summed E-state index contributed by atoms with van der Waals surface area (Å²) in [5, 5.41) is 12.4. The minimum Gasteiger partial charge on any atom is -0.394 e. The number of sulfonamides is 1.